The van der Waals surface area contributed by atoms with E-state index in [1.54, 1.807) is 13.3 Å². The van der Waals surface area contributed by atoms with Gasteiger partial charge in [0.25, 0.3) is 0 Å². The minimum Gasteiger partial charge on any atom is -0.494 e. The number of ether oxygens (including phenoxy) is 1. The molecular formula is C35H46BrFN9OP. The van der Waals surface area contributed by atoms with E-state index < -0.39 is 6.89 Å². The number of piperidine rings is 1. The van der Waals surface area contributed by atoms with Crippen molar-refractivity contribution in [1.82, 2.24) is 29.5 Å². The van der Waals surface area contributed by atoms with Crippen molar-refractivity contribution >= 4 is 63.2 Å². The van der Waals surface area contributed by atoms with Gasteiger partial charge in [-0.1, -0.05) is 20.1 Å². The average Bonchev–Trinajstić information content (AvgIpc) is 3.52. The van der Waals surface area contributed by atoms with Crippen molar-refractivity contribution < 1.29 is 9.13 Å². The van der Waals surface area contributed by atoms with Crippen LogP contribution in [-0.4, -0.2) is 109 Å². The van der Waals surface area contributed by atoms with Crippen molar-refractivity contribution in [2.24, 2.45) is 0 Å². The summed E-state index contributed by atoms with van der Waals surface area (Å²) in [6.07, 6.45) is 12.0. The number of anilines is 5. The third-order valence-electron chi connectivity index (χ3n) is 9.33. The Morgan fingerprint density at radius 3 is 2.42 bits per heavy atom. The Bertz CT molecular complexity index is 1790. The van der Waals surface area contributed by atoms with Crippen molar-refractivity contribution in [3.8, 4) is 11.4 Å². The highest BCUT2D eigenvalue weighted by Crippen LogP contribution is 2.40. The van der Waals surface area contributed by atoms with E-state index in [9.17, 15) is 4.39 Å². The zero-order valence-corrected chi connectivity index (χ0v) is 31.0. The van der Waals surface area contributed by atoms with Gasteiger partial charge < -0.3 is 25.2 Å². The molecule has 256 valence electrons. The number of benzene rings is 2. The molecule has 2 N–H and O–H groups in total. The normalized spacial score (nSPS) is 16.7. The lowest BCUT2D eigenvalue weighted by Crippen LogP contribution is -2.52. The second-order valence-corrected chi connectivity index (χ2v) is 17.9. The first kappa shape index (κ1) is 34.4. The number of nitrogens with one attached hydrogen (secondary N) is 2. The van der Waals surface area contributed by atoms with Gasteiger partial charge in [0, 0.05) is 74.3 Å². The van der Waals surface area contributed by atoms with E-state index in [4.69, 9.17) is 9.72 Å². The average molecular weight is 739 g/mol. The number of rotatable bonds is 10. The topological polar surface area (TPSA) is 86.6 Å². The van der Waals surface area contributed by atoms with Gasteiger partial charge in [-0.3, -0.25) is 4.90 Å². The molecule has 10 nitrogen and oxygen atoms in total. The molecule has 0 spiro atoms. The van der Waals surface area contributed by atoms with E-state index in [1.165, 1.54) is 54.3 Å². The van der Waals surface area contributed by atoms with Crippen molar-refractivity contribution in [3.05, 3.63) is 64.8 Å². The van der Waals surface area contributed by atoms with Crippen LogP contribution in [0.3, 0.4) is 0 Å². The fraction of sp³-hybridized carbons (Fsp3) is 0.429. The first-order chi connectivity index (χ1) is 23.0. The van der Waals surface area contributed by atoms with Crippen molar-refractivity contribution in [3.63, 3.8) is 0 Å². The number of nitrogens with zero attached hydrogens (tertiary/aromatic N) is 7. The fourth-order valence-corrected chi connectivity index (χ4v) is 8.15. The molecule has 6 rings (SSSR count). The van der Waals surface area contributed by atoms with Crippen LogP contribution in [0.25, 0.3) is 5.69 Å². The van der Waals surface area contributed by atoms with Crippen LogP contribution < -0.4 is 25.6 Å². The molecule has 0 atom stereocenters. The molecule has 0 radical (unpaired) electrons. The molecule has 13 heteroatoms. The number of aromatic nitrogens is 4. The molecule has 0 aliphatic carbocycles. The highest BCUT2D eigenvalue weighted by atomic mass is 79.9. The van der Waals surface area contributed by atoms with Crippen LogP contribution in [0, 0.1) is 5.82 Å². The summed E-state index contributed by atoms with van der Waals surface area (Å²) in [6.45, 7) is 11.4. The predicted octanol–water partition coefficient (Wildman–Crippen LogP) is 6.17. The van der Waals surface area contributed by atoms with E-state index in [1.807, 2.05) is 18.2 Å². The second kappa shape index (κ2) is 14.6. The molecule has 2 aliphatic rings. The van der Waals surface area contributed by atoms with Crippen molar-refractivity contribution in [1.29, 1.82) is 0 Å². The predicted molar refractivity (Wildman–Crippen MR) is 202 cm³/mol. The molecule has 2 fully saturated rings. The standard InChI is InChI=1S/C35H46BrFN9OP/c1-7-24-18-30(32(47-3)20-31(24)45-12-10-26(11-13-45)44-16-14-43(2)15-17-44)41-35-38-22-28(36)34(42-35)40-29-9-8-27(19-33(29)48(4,5)6)46-23-25(37)21-39-46/h8-9,18-23,26H,4,7,10-17H2,1-3,5-6H3,(H2,38,40,41,42). The molecule has 2 saturated heterocycles. The van der Waals surface area contributed by atoms with Crippen LogP contribution in [0.2, 0.25) is 0 Å². The van der Waals surface area contributed by atoms with Gasteiger partial charge in [-0.25, -0.2) is 14.1 Å². The zero-order valence-electron chi connectivity index (χ0n) is 28.5. The molecule has 0 saturated carbocycles. The van der Waals surface area contributed by atoms with E-state index in [0.717, 1.165) is 60.7 Å². The molecule has 48 heavy (non-hydrogen) atoms. The SMILES string of the molecule is C=P(C)(C)c1cc(-n2cc(F)cn2)ccc1Nc1nc(Nc2cc(CC)c(N3CCC(N4CCN(C)CC4)CC3)cc2OC)ncc1Br. The summed E-state index contributed by atoms with van der Waals surface area (Å²) in [6, 6.07) is 10.9. The number of likely N-dealkylation sites (N-methyl/N-ethyl adjacent to an activating group) is 1. The maximum atomic E-state index is 13.7. The molecule has 2 aromatic heterocycles. The first-order valence-electron chi connectivity index (χ1n) is 16.5. The van der Waals surface area contributed by atoms with E-state index in [0.29, 0.717) is 22.3 Å². The highest BCUT2D eigenvalue weighted by Gasteiger charge is 2.28. The first-order valence-corrected chi connectivity index (χ1v) is 20.2. The lowest BCUT2D eigenvalue weighted by molar-refractivity contribution is 0.0982. The second-order valence-electron chi connectivity index (χ2n) is 13.2. The molecule has 0 bridgehead atoms. The van der Waals surface area contributed by atoms with Crippen LogP contribution in [-0.2, 0) is 6.42 Å². The number of hydrogen-bond acceptors (Lipinski definition) is 9. The van der Waals surface area contributed by atoms with Gasteiger partial charge >= 0.3 is 0 Å². The van der Waals surface area contributed by atoms with E-state index in [2.05, 4.69) is 97.1 Å². The number of piperazine rings is 1. The summed E-state index contributed by atoms with van der Waals surface area (Å²) < 4.78 is 21.8. The van der Waals surface area contributed by atoms with Crippen LogP contribution in [0.4, 0.5) is 33.2 Å². The molecule has 0 unspecified atom stereocenters. The summed E-state index contributed by atoms with van der Waals surface area (Å²) in [7, 11) is 3.92. The highest BCUT2D eigenvalue weighted by molar-refractivity contribution is 9.10. The maximum Gasteiger partial charge on any atom is 0.229 e. The molecule has 4 heterocycles. The van der Waals surface area contributed by atoms with Crippen molar-refractivity contribution in [2.45, 2.75) is 32.2 Å². The summed E-state index contributed by atoms with van der Waals surface area (Å²) in [5.41, 5.74) is 4.96. The van der Waals surface area contributed by atoms with Gasteiger partial charge in [0.2, 0.25) is 5.95 Å². The Morgan fingerprint density at radius 1 is 1.02 bits per heavy atom. The monoisotopic (exact) mass is 737 g/mol. The summed E-state index contributed by atoms with van der Waals surface area (Å²) in [4.78, 5) is 17.0. The van der Waals surface area contributed by atoms with Crippen molar-refractivity contribution in [2.75, 3.05) is 82.3 Å². The summed E-state index contributed by atoms with van der Waals surface area (Å²) in [5, 5.41) is 12.1. The Labute approximate surface area is 291 Å². The molecule has 2 aliphatic heterocycles. The van der Waals surface area contributed by atoms with Gasteiger partial charge in [-0.2, -0.15) is 10.1 Å². The Kier molecular flexibility index (Phi) is 10.5. The van der Waals surface area contributed by atoms with Crippen LogP contribution >= 0.6 is 22.8 Å². The van der Waals surface area contributed by atoms with Crippen LogP contribution in [0.15, 0.2) is 53.4 Å². The Balaban J connectivity index is 1.21. The largest absolute Gasteiger partial charge is 0.494 e. The molecule has 4 aromatic rings. The molecular weight excluding hydrogens is 692 g/mol. The van der Waals surface area contributed by atoms with Gasteiger partial charge in [0.1, 0.15) is 11.6 Å². The smallest absolute Gasteiger partial charge is 0.229 e. The lowest BCUT2D eigenvalue weighted by atomic mass is 9.99. The van der Waals surface area contributed by atoms with E-state index >= 15 is 0 Å². The number of halogens is 2. The van der Waals surface area contributed by atoms with Gasteiger partial charge in [-0.15, -0.1) is 0 Å². The van der Waals surface area contributed by atoms with E-state index in [-0.39, 0.29) is 5.82 Å². The number of aryl methyl sites for hydroxylation is 1. The summed E-state index contributed by atoms with van der Waals surface area (Å²) >= 11 is 3.63. The third-order valence-corrected chi connectivity index (χ3v) is 11.6. The lowest BCUT2D eigenvalue weighted by Gasteiger charge is -2.43. The van der Waals surface area contributed by atoms with Crippen LogP contribution in [0.1, 0.15) is 25.3 Å². The minimum absolute atomic E-state index is 0.383. The van der Waals surface area contributed by atoms with Gasteiger partial charge in [0.15, 0.2) is 5.82 Å². The Hall–Kier alpha value is -3.44. The number of hydrogen-bond donors (Lipinski definition) is 2. The summed E-state index contributed by atoms with van der Waals surface area (Å²) in [5.74, 6) is 1.41. The van der Waals surface area contributed by atoms with Gasteiger partial charge in [0.05, 0.1) is 35.4 Å². The van der Waals surface area contributed by atoms with Crippen LogP contribution in [0.5, 0.6) is 5.75 Å². The number of methoxy groups -OCH3 is 1. The molecule has 2 aromatic carbocycles. The quantitative estimate of drug-likeness (QED) is 0.186. The Morgan fingerprint density at radius 2 is 1.77 bits per heavy atom. The minimum atomic E-state index is -1.76. The van der Waals surface area contributed by atoms with Gasteiger partial charge in [-0.05, 0) is 85.4 Å². The maximum absolute atomic E-state index is 13.7. The molecule has 0 amide bonds. The third kappa shape index (κ3) is 7.72. The zero-order chi connectivity index (χ0) is 34.0. The fourth-order valence-electron chi connectivity index (χ4n) is 6.59.